The molecular weight excluding hydrogens is 210 g/mol. The van der Waals surface area contributed by atoms with Gasteiger partial charge in [-0.3, -0.25) is 4.79 Å². The van der Waals surface area contributed by atoms with Gasteiger partial charge in [-0.2, -0.15) is 0 Å². The number of rotatable bonds is 5. The molecule has 5 heteroatoms. The molecule has 0 atom stereocenters. The van der Waals surface area contributed by atoms with E-state index in [0.717, 1.165) is 12.7 Å². The molecule has 1 rings (SSSR count). The second-order valence-corrected chi connectivity index (χ2v) is 3.12. The molecule has 1 aromatic rings. The topological polar surface area (TPSA) is 79.5 Å². The van der Waals surface area contributed by atoms with Crippen molar-refractivity contribution in [2.24, 2.45) is 0 Å². The zero-order chi connectivity index (χ0) is 12.0. The van der Waals surface area contributed by atoms with E-state index < -0.39 is 11.9 Å². The van der Waals surface area contributed by atoms with Gasteiger partial charge in [0.05, 0.1) is 5.56 Å². The number of carboxylic acids is 1. The highest BCUT2D eigenvalue weighted by molar-refractivity contribution is 5.95. The second-order valence-electron chi connectivity index (χ2n) is 3.12. The van der Waals surface area contributed by atoms with Gasteiger partial charge < -0.3 is 14.8 Å². The summed E-state index contributed by atoms with van der Waals surface area (Å²) in [6.07, 6.45) is 5.59. The van der Waals surface area contributed by atoms with Crippen molar-refractivity contribution >= 4 is 11.9 Å². The molecule has 0 unspecified atom stereocenters. The highest BCUT2D eigenvalue weighted by atomic mass is 16.4. The van der Waals surface area contributed by atoms with Gasteiger partial charge in [0.15, 0.2) is 5.76 Å². The molecule has 5 nitrogen and oxygen atoms in total. The van der Waals surface area contributed by atoms with Crippen LogP contribution in [0.1, 0.15) is 34.3 Å². The van der Waals surface area contributed by atoms with Gasteiger partial charge in [0.2, 0.25) is 0 Å². The molecule has 0 aliphatic heterocycles. The Balaban J connectivity index is 2.49. The van der Waals surface area contributed by atoms with Crippen molar-refractivity contribution in [3.05, 3.63) is 35.8 Å². The number of hydrogen-bond donors (Lipinski definition) is 2. The Morgan fingerprint density at radius 3 is 2.88 bits per heavy atom. The van der Waals surface area contributed by atoms with Crippen molar-refractivity contribution < 1.29 is 19.1 Å². The fourth-order valence-electron chi connectivity index (χ4n) is 1.09. The van der Waals surface area contributed by atoms with Crippen LogP contribution in [0.2, 0.25) is 0 Å². The Kier molecular flexibility index (Phi) is 4.32. The van der Waals surface area contributed by atoms with Gasteiger partial charge in [0, 0.05) is 12.6 Å². The average molecular weight is 223 g/mol. The summed E-state index contributed by atoms with van der Waals surface area (Å²) in [5, 5.41) is 11.2. The van der Waals surface area contributed by atoms with Gasteiger partial charge in [0.25, 0.3) is 5.91 Å². The van der Waals surface area contributed by atoms with Gasteiger partial charge in [0.1, 0.15) is 6.26 Å². The van der Waals surface area contributed by atoms with E-state index in [0.29, 0.717) is 6.54 Å². The van der Waals surface area contributed by atoms with Gasteiger partial charge in [-0.05, 0) is 13.3 Å². The van der Waals surface area contributed by atoms with Crippen LogP contribution in [0.3, 0.4) is 0 Å². The number of nitrogens with one attached hydrogen (secondary N) is 1. The predicted octanol–water partition coefficient (Wildman–Crippen LogP) is 1.67. The van der Waals surface area contributed by atoms with E-state index in [2.05, 4.69) is 5.32 Å². The van der Waals surface area contributed by atoms with Crippen LogP contribution in [-0.2, 0) is 0 Å². The summed E-state index contributed by atoms with van der Waals surface area (Å²) in [5.74, 6) is -1.51. The minimum Gasteiger partial charge on any atom is -0.478 e. The number of amides is 1. The van der Waals surface area contributed by atoms with E-state index in [1.54, 1.807) is 0 Å². The summed E-state index contributed by atoms with van der Waals surface area (Å²) in [6.45, 7) is 2.39. The molecule has 0 fully saturated rings. The molecule has 0 saturated heterocycles. The summed E-state index contributed by atoms with van der Waals surface area (Å²) < 4.78 is 4.83. The third-order valence-corrected chi connectivity index (χ3v) is 1.90. The Labute approximate surface area is 92.8 Å². The molecular formula is C11H13NO4. The number of carbonyl (C=O) groups excluding carboxylic acids is 1. The first-order chi connectivity index (χ1) is 7.65. The first-order valence-corrected chi connectivity index (χ1v) is 4.86. The predicted molar refractivity (Wildman–Crippen MR) is 57.4 cm³/mol. The lowest BCUT2D eigenvalue weighted by Gasteiger charge is -1.99. The fraction of sp³-hybridized carbons (Fsp3) is 0.273. The highest BCUT2D eigenvalue weighted by Gasteiger charge is 2.13. The number of hydrogen-bond acceptors (Lipinski definition) is 3. The summed E-state index contributed by atoms with van der Waals surface area (Å²) in [6, 6.07) is 1.20. The highest BCUT2D eigenvalue weighted by Crippen LogP contribution is 2.07. The lowest BCUT2D eigenvalue weighted by Crippen LogP contribution is -2.23. The molecule has 1 aromatic heterocycles. The number of allylic oxidation sites excluding steroid dienone is 1. The van der Waals surface area contributed by atoms with Crippen LogP contribution in [-0.4, -0.2) is 23.5 Å². The molecule has 86 valence electrons. The average Bonchev–Trinajstić information content (AvgIpc) is 2.73. The molecule has 0 aliphatic rings. The van der Waals surface area contributed by atoms with Crippen LogP contribution in [0, 0.1) is 0 Å². The van der Waals surface area contributed by atoms with Crippen molar-refractivity contribution in [3.8, 4) is 0 Å². The monoisotopic (exact) mass is 223 g/mol. The van der Waals surface area contributed by atoms with Crippen molar-refractivity contribution in [1.29, 1.82) is 0 Å². The van der Waals surface area contributed by atoms with E-state index >= 15 is 0 Å². The van der Waals surface area contributed by atoms with Crippen molar-refractivity contribution in [3.63, 3.8) is 0 Å². The van der Waals surface area contributed by atoms with E-state index in [-0.39, 0.29) is 11.3 Å². The number of aromatic carboxylic acids is 1. The molecule has 1 heterocycles. The maximum atomic E-state index is 11.4. The Morgan fingerprint density at radius 2 is 2.31 bits per heavy atom. The lowest BCUT2D eigenvalue weighted by atomic mass is 10.3. The Morgan fingerprint density at radius 1 is 1.56 bits per heavy atom. The van der Waals surface area contributed by atoms with Gasteiger partial charge in [-0.25, -0.2) is 4.79 Å². The SMILES string of the molecule is C/C=C/CCNC(=O)c1cc(C(=O)O)co1. The first-order valence-electron chi connectivity index (χ1n) is 4.86. The molecule has 0 aromatic carbocycles. The van der Waals surface area contributed by atoms with Crippen LogP contribution in [0.5, 0.6) is 0 Å². The lowest BCUT2D eigenvalue weighted by molar-refractivity contribution is 0.0696. The van der Waals surface area contributed by atoms with Crippen molar-refractivity contribution in [1.82, 2.24) is 5.32 Å². The number of furan rings is 1. The van der Waals surface area contributed by atoms with Crippen LogP contribution in [0.4, 0.5) is 0 Å². The maximum absolute atomic E-state index is 11.4. The van der Waals surface area contributed by atoms with Crippen molar-refractivity contribution in [2.75, 3.05) is 6.54 Å². The Hall–Kier alpha value is -2.04. The minimum absolute atomic E-state index is 0.0119. The van der Waals surface area contributed by atoms with Gasteiger partial charge >= 0.3 is 5.97 Å². The normalized spacial score (nSPS) is 10.6. The number of carboxylic acid groups (broad SMARTS) is 1. The zero-order valence-electron chi connectivity index (χ0n) is 8.90. The Bertz CT molecular complexity index is 406. The van der Waals surface area contributed by atoms with E-state index in [1.807, 2.05) is 19.1 Å². The molecule has 16 heavy (non-hydrogen) atoms. The number of carbonyl (C=O) groups is 2. The molecule has 1 amide bonds. The van der Waals surface area contributed by atoms with Gasteiger partial charge in [-0.15, -0.1) is 0 Å². The smallest absolute Gasteiger partial charge is 0.338 e. The van der Waals surface area contributed by atoms with E-state index in [9.17, 15) is 9.59 Å². The largest absolute Gasteiger partial charge is 0.478 e. The van der Waals surface area contributed by atoms with E-state index in [4.69, 9.17) is 9.52 Å². The third kappa shape index (κ3) is 3.27. The first kappa shape index (κ1) is 12.0. The quantitative estimate of drug-likeness (QED) is 0.587. The molecule has 0 spiro atoms. The van der Waals surface area contributed by atoms with Crippen molar-refractivity contribution in [2.45, 2.75) is 13.3 Å². The summed E-state index contributed by atoms with van der Waals surface area (Å²) in [7, 11) is 0. The molecule has 0 bridgehead atoms. The molecule has 0 radical (unpaired) electrons. The second kappa shape index (κ2) is 5.75. The van der Waals surface area contributed by atoms with Crippen LogP contribution < -0.4 is 5.32 Å². The molecule has 0 saturated carbocycles. The molecule has 0 aliphatic carbocycles. The summed E-state index contributed by atoms with van der Waals surface area (Å²) in [4.78, 5) is 22.0. The third-order valence-electron chi connectivity index (χ3n) is 1.90. The van der Waals surface area contributed by atoms with Crippen LogP contribution in [0.15, 0.2) is 28.9 Å². The zero-order valence-corrected chi connectivity index (χ0v) is 8.90. The minimum atomic E-state index is -1.11. The maximum Gasteiger partial charge on any atom is 0.338 e. The fourth-order valence-corrected chi connectivity index (χ4v) is 1.09. The van der Waals surface area contributed by atoms with Crippen LogP contribution >= 0.6 is 0 Å². The van der Waals surface area contributed by atoms with Crippen LogP contribution in [0.25, 0.3) is 0 Å². The summed E-state index contributed by atoms with van der Waals surface area (Å²) in [5.41, 5.74) is -0.0291. The van der Waals surface area contributed by atoms with E-state index in [1.165, 1.54) is 6.07 Å². The standard InChI is InChI=1S/C11H13NO4/c1-2-3-4-5-12-10(13)9-6-8(7-16-9)11(14)15/h2-3,6-7H,4-5H2,1H3,(H,12,13)(H,14,15)/b3-2+. The summed E-state index contributed by atoms with van der Waals surface area (Å²) >= 11 is 0. The molecule has 2 N–H and O–H groups in total. The van der Waals surface area contributed by atoms with Gasteiger partial charge in [-0.1, -0.05) is 12.2 Å².